The molecule has 0 heterocycles. The number of hydrogen-bond donors (Lipinski definition) is 1. The van der Waals surface area contributed by atoms with Crippen LogP contribution < -0.4 is 0 Å². The molecule has 0 saturated heterocycles. The molecular formula is C16H19FN2O2. The lowest BCUT2D eigenvalue weighted by molar-refractivity contribution is -0.131. The number of nitriles is 1. The summed E-state index contributed by atoms with van der Waals surface area (Å²) in [4.78, 5) is 12.7. The maximum Gasteiger partial charge on any atom is 0.328 e. The minimum Gasteiger partial charge on any atom is -0.478 e. The Kier molecular flexibility index (Phi) is 6.57. The minimum atomic E-state index is -1.07. The summed E-state index contributed by atoms with van der Waals surface area (Å²) in [7, 11) is 0. The molecule has 1 aromatic rings. The first kappa shape index (κ1) is 16.9. The fourth-order valence-electron chi connectivity index (χ4n) is 2.00. The third-order valence-corrected chi connectivity index (χ3v) is 3.11. The van der Waals surface area contributed by atoms with Gasteiger partial charge in [-0.05, 0) is 42.8 Å². The Bertz CT molecular complexity index is 564. The van der Waals surface area contributed by atoms with Crippen LogP contribution in [0.25, 0.3) is 6.08 Å². The van der Waals surface area contributed by atoms with Crippen molar-refractivity contribution in [1.82, 2.24) is 4.90 Å². The number of carboxylic acid groups (broad SMARTS) is 1. The molecule has 21 heavy (non-hydrogen) atoms. The highest BCUT2D eigenvalue weighted by Gasteiger charge is 2.11. The minimum absolute atomic E-state index is 0.0941. The van der Waals surface area contributed by atoms with Crippen molar-refractivity contribution in [3.8, 4) is 6.07 Å². The Morgan fingerprint density at radius 3 is 2.86 bits per heavy atom. The molecule has 0 aliphatic carbocycles. The lowest BCUT2D eigenvalue weighted by atomic mass is 10.1. The summed E-state index contributed by atoms with van der Waals surface area (Å²) in [5, 5.41) is 17.6. The predicted molar refractivity (Wildman–Crippen MR) is 78.8 cm³/mol. The van der Waals surface area contributed by atoms with Crippen LogP contribution in [0.2, 0.25) is 0 Å². The second-order valence-corrected chi connectivity index (χ2v) is 4.87. The van der Waals surface area contributed by atoms with Gasteiger partial charge in [0, 0.05) is 19.2 Å². The number of carbonyl (C=O) groups is 1. The van der Waals surface area contributed by atoms with Gasteiger partial charge >= 0.3 is 5.97 Å². The Hall–Kier alpha value is -2.19. The summed E-state index contributed by atoms with van der Waals surface area (Å²) in [5.41, 5.74) is 1.38. The molecule has 0 aliphatic heterocycles. The third-order valence-electron chi connectivity index (χ3n) is 3.11. The van der Waals surface area contributed by atoms with Crippen LogP contribution in [-0.4, -0.2) is 29.1 Å². The maximum absolute atomic E-state index is 13.3. The second kappa shape index (κ2) is 8.18. The molecule has 0 bridgehead atoms. The number of rotatable bonds is 7. The van der Waals surface area contributed by atoms with E-state index in [1.165, 1.54) is 18.2 Å². The molecule has 1 N–H and O–H groups in total. The molecule has 4 nitrogen and oxygen atoms in total. The van der Waals surface area contributed by atoms with Crippen LogP contribution in [-0.2, 0) is 11.3 Å². The fourth-order valence-corrected chi connectivity index (χ4v) is 2.00. The molecule has 1 unspecified atom stereocenters. The Balaban J connectivity index is 2.95. The number of nitrogens with zero attached hydrogens (tertiary/aromatic N) is 2. The van der Waals surface area contributed by atoms with Crippen LogP contribution in [0.3, 0.4) is 0 Å². The highest BCUT2D eigenvalue weighted by Crippen LogP contribution is 2.16. The predicted octanol–water partition coefficient (Wildman–Crippen LogP) is 2.91. The topological polar surface area (TPSA) is 64.3 Å². The van der Waals surface area contributed by atoms with E-state index in [0.717, 1.165) is 18.2 Å². The van der Waals surface area contributed by atoms with E-state index in [4.69, 9.17) is 10.4 Å². The van der Waals surface area contributed by atoms with E-state index in [0.29, 0.717) is 18.7 Å². The number of halogens is 1. The van der Waals surface area contributed by atoms with Gasteiger partial charge in [0.2, 0.25) is 0 Å². The molecule has 0 amide bonds. The summed E-state index contributed by atoms with van der Waals surface area (Å²) < 4.78 is 13.3. The van der Waals surface area contributed by atoms with Crippen LogP contribution >= 0.6 is 0 Å². The van der Waals surface area contributed by atoms with Gasteiger partial charge in [0.15, 0.2) is 0 Å². The Morgan fingerprint density at radius 2 is 2.29 bits per heavy atom. The van der Waals surface area contributed by atoms with E-state index in [9.17, 15) is 9.18 Å². The van der Waals surface area contributed by atoms with Gasteiger partial charge in [-0.3, -0.25) is 4.90 Å². The quantitative estimate of drug-likeness (QED) is 0.784. The van der Waals surface area contributed by atoms with E-state index in [1.54, 1.807) is 6.07 Å². The van der Waals surface area contributed by atoms with Crippen LogP contribution in [0.4, 0.5) is 4.39 Å². The van der Waals surface area contributed by atoms with Gasteiger partial charge in [0.05, 0.1) is 12.0 Å². The lowest BCUT2D eigenvalue weighted by Gasteiger charge is -2.22. The van der Waals surface area contributed by atoms with Crippen LogP contribution in [0.15, 0.2) is 24.3 Å². The van der Waals surface area contributed by atoms with Gasteiger partial charge < -0.3 is 5.11 Å². The number of carboxylic acids is 1. The van der Waals surface area contributed by atoms with E-state index in [2.05, 4.69) is 11.0 Å². The zero-order valence-corrected chi connectivity index (χ0v) is 12.2. The van der Waals surface area contributed by atoms with E-state index >= 15 is 0 Å². The summed E-state index contributed by atoms with van der Waals surface area (Å²) in [6.07, 6.45) is 2.38. The first-order chi connectivity index (χ1) is 9.96. The molecule has 0 spiro atoms. The van der Waals surface area contributed by atoms with Gasteiger partial charge in [0.25, 0.3) is 0 Å². The number of aliphatic carboxylic acids is 1. The zero-order chi connectivity index (χ0) is 15.8. The molecule has 5 heteroatoms. The molecular weight excluding hydrogens is 271 g/mol. The highest BCUT2D eigenvalue weighted by atomic mass is 19.1. The number of hydrogen-bond acceptors (Lipinski definition) is 3. The van der Waals surface area contributed by atoms with Crippen LogP contribution in [0.1, 0.15) is 25.0 Å². The smallest absolute Gasteiger partial charge is 0.328 e. The second-order valence-electron chi connectivity index (χ2n) is 4.87. The molecule has 1 aromatic carbocycles. The number of benzene rings is 1. The first-order valence-electron chi connectivity index (χ1n) is 6.77. The normalized spacial score (nSPS) is 12.5. The van der Waals surface area contributed by atoms with Crippen molar-refractivity contribution >= 4 is 12.0 Å². The molecule has 1 atom stereocenters. The third kappa shape index (κ3) is 5.76. The Morgan fingerprint density at radius 1 is 1.57 bits per heavy atom. The van der Waals surface area contributed by atoms with Crippen molar-refractivity contribution in [2.45, 2.75) is 20.4 Å². The van der Waals surface area contributed by atoms with E-state index < -0.39 is 11.8 Å². The zero-order valence-electron chi connectivity index (χ0n) is 12.2. The maximum atomic E-state index is 13.3. The Labute approximate surface area is 124 Å². The molecule has 0 aliphatic rings. The molecule has 0 fully saturated rings. The van der Waals surface area contributed by atoms with Crippen LogP contribution in [0.5, 0.6) is 0 Å². The van der Waals surface area contributed by atoms with Crippen molar-refractivity contribution in [2.24, 2.45) is 5.92 Å². The summed E-state index contributed by atoms with van der Waals surface area (Å²) in [6.45, 7) is 5.75. The van der Waals surface area contributed by atoms with Crippen molar-refractivity contribution in [3.05, 3.63) is 41.2 Å². The highest BCUT2D eigenvalue weighted by molar-refractivity contribution is 5.85. The molecule has 1 rings (SSSR count). The monoisotopic (exact) mass is 290 g/mol. The average Bonchev–Trinajstić information content (AvgIpc) is 2.46. The molecule has 0 radical (unpaired) electrons. The van der Waals surface area contributed by atoms with Gasteiger partial charge in [-0.15, -0.1) is 0 Å². The van der Waals surface area contributed by atoms with Gasteiger partial charge in [-0.2, -0.15) is 5.26 Å². The van der Waals surface area contributed by atoms with Crippen molar-refractivity contribution < 1.29 is 14.3 Å². The lowest BCUT2D eigenvalue weighted by Crippen LogP contribution is -2.27. The molecule has 112 valence electrons. The SMILES string of the molecule is CCN(Cc1ccc(F)cc1C=CC(=O)O)CC(C)C#N. The molecule has 0 saturated carbocycles. The van der Waals surface area contributed by atoms with Gasteiger partial charge in [-0.1, -0.05) is 13.0 Å². The van der Waals surface area contributed by atoms with Gasteiger partial charge in [0.1, 0.15) is 5.82 Å². The summed E-state index contributed by atoms with van der Waals surface area (Å²) in [5.74, 6) is -1.57. The van der Waals surface area contributed by atoms with E-state index in [-0.39, 0.29) is 5.92 Å². The largest absolute Gasteiger partial charge is 0.478 e. The van der Waals surface area contributed by atoms with Crippen LogP contribution in [0, 0.1) is 23.1 Å². The van der Waals surface area contributed by atoms with Gasteiger partial charge in [-0.25, -0.2) is 9.18 Å². The summed E-state index contributed by atoms with van der Waals surface area (Å²) in [6, 6.07) is 6.51. The van der Waals surface area contributed by atoms with Crippen molar-refractivity contribution in [1.29, 1.82) is 5.26 Å². The van der Waals surface area contributed by atoms with E-state index in [1.807, 2.05) is 13.8 Å². The van der Waals surface area contributed by atoms with Crippen molar-refractivity contribution in [3.63, 3.8) is 0 Å². The molecule has 0 aromatic heterocycles. The first-order valence-corrected chi connectivity index (χ1v) is 6.77. The standard InChI is InChI=1S/C16H19FN2O2/c1-3-19(10-12(2)9-18)11-14-4-6-15(17)8-13(14)5-7-16(20)21/h4-8,12H,3,10-11H2,1-2H3,(H,20,21). The fraction of sp³-hybridized carbons (Fsp3) is 0.375. The summed E-state index contributed by atoms with van der Waals surface area (Å²) >= 11 is 0. The van der Waals surface area contributed by atoms with Crippen molar-refractivity contribution in [2.75, 3.05) is 13.1 Å². The average molecular weight is 290 g/mol.